The van der Waals surface area contributed by atoms with Crippen molar-refractivity contribution in [3.63, 3.8) is 0 Å². The predicted molar refractivity (Wildman–Crippen MR) is 124 cm³/mol. The molecule has 0 fully saturated rings. The Morgan fingerprint density at radius 2 is 1.57 bits per heavy atom. The van der Waals surface area contributed by atoms with Crippen LogP contribution in [0.2, 0.25) is 0 Å². The number of hydrogen-bond donors (Lipinski definition) is 1. The minimum atomic E-state index is -0.332. The highest BCUT2D eigenvalue weighted by molar-refractivity contribution is 7.11. The van der Waals surface area contributed by atoms with Crippen LogP contribution in [0.4, 0.5) is 11.4 Å². The summed E-state index contributed by atoms with van der Waals surface area (Å²) in [5, 5.41) is 5.14. The van der Waals surface area contributed by atoms with Crippen molar-refractivity contribution in [3.05, 3.63) is 87.2 Å². The van der Waals surface area contributed by atoms with Gasteiger partial charge >= 0.3 is 0 Å². The lowest BCUT2D eigenvalue weighted by Crippen LogP contribution is -2.32. The van der Waals surface area contributed by atoms with Crippen molar-refractivity contribution in [3.8, 4) is 0 Å². The summed E-state index contributed by atoms with van der Waals surface area (Å²) < 4.78 is 0. The van der Waals surface area contributed by atoms with E-state index in [2.05, 4.69) is 19.2 Å². The number of rotatable bonds is 5. The van der Waals surface area contributed by atoms with E-state index in [0.717, 1.165) is 21.7 Å². The lowest BCUT2D eigenvalue weighted by molar-refractivity contribution is -0.120. The second-order valence-corrected chi connectivity index (χ2v) is 8.87. The Labute approximate surface area is 180 Å². The number of carbonyl (C=O) groups is 2. The zero-order chi connectivity index (χ0) is 21.4. The average molecular weight is 417 g/mol. The first kappa shape index (κ1) is 20.1. The zero-order valence-electron chi connectivity index (χ0n) is 17.5. The Balaban J connectivity index is 1.76. The van der Waals surface area contributed by atoms with Crippen LogP contribution in [0.1, 0.15) is 41.3 Å². The summed E-state index contributed by atoms with van der Waals surface area (Å²) in [6, 6.07) is 17.5. The van der Waals surface area contributed by atoms with Crippen LogP contribution in [0.25, 0.3) is 5.57 Å². The van der Waals surface area contributed by atoms with Gasteiger partial charge < -0.3 is 5.32 Å². The monoisotopic (exact) mass is 416 g/mol. The summed E-state index contributed by atoms with van der Waals surface area (Å²) in [4.78, 5) is 28.9. The van der Waals surface area contributed by atoms with Gasteiger partial charge in [-0.3, -0.25) is 9.59 Å². The molecule has 152 valence electrons. The first-order valence-electron chi connectivity index (χ1n) is 9.97. The van der Waals surface area contributed by atoms with Crippen LogP contribution in [-0.4, -0.2) is 11.8 Å². The molecule has 4 rings (SSSR count). The Morgan fingerprint density at radius 1 is 0.900 bits per heavy atom. The van der Waals surface area contributed by atoms with Crippen molar-refractivity contribution < 1.29 is 9.59 Å². The number of imide groups is 1. The number of benzene rings is 2. The fourth-order valence-corrected chi connectivity index (χ4v) is 4.47. The van der Waals surface area contributed by atoms with Gasteiger partial charge in [0.05, 0.1) is 11.3 Å². The van der Waals surface area contributed by atoms with Crippen molar-refractivity contribution in [1.82, 2.24) is 0 Å². The van der Waals surface area contributed by atoms with Crippen molar-refractivity contribution in [1.29, 1.82) is 0 Å². The van der Waals surface area contributed by atoms with Gasteiger partial charge in [0.2, 0.25) is 0 Å². The number of carbonyl (C=O) groups excluding carboxylic acids is 2. The number of amides is 2. The number of anilines is 2. The van der Waals surface area contributed by atoms with Crippen LogP contribution in [-0.2, 0) is 9.59 Å². The number of hydrogen-bond acceptors (Lipinski definition) is 4. The zero-order valence-corrected chi connectivity index (χ0v) is 18.3. The van der Waals surface area contributed by atoms with E-state index >= 15 is 0 Å². The highest BCUT2D eigenvalue weighted by atomic mass is 32.1. The number of nitrogens with zero attached hydrogens (tertiary/aromatic N) is 1. The van der Waals surface area contributed by atoms with Gasteiger partial charge in [-0.2, -0.15) is 0 Å². The molecule has 1 aromatic heterocycles. The first-order chi connectivity index (χ1) is 14.3. The van der Waals surface area contributed by atoms with E-state index in [4.69, 9.17) is 0 Å². The third-order valence-corrected chi connectivity index (χ3v) is 6.05. The third-order valence-electron chi connectivity index (χ3n) is 5.16. The molecule has 30 heavy (non-hydrogen) atoms. The minimum Gasteiger partial charge on any atom is -0.350 e. The fraction of sp³-hybridized carbons (Fsp3) is 0.200. The van der Waals surface area contributed by atoms with E-state index in [1.807, 2.05) is 73.8 Å². The van der Waals surface area contributed by atoms with Gasteiger partial charge in [0, 0.05) is 10.6 Å². The smallest absolute Gasteiger partial charge is 0.282 e. The molecule has 0 atom stereocenters. The number of thiophene rings is 1. The van der Waals surface area contributed by atoms with Crippen LogP contribution in [0.3, 0.4) is 0 Å². The summed E-state index contributed by atoms with van der Waals surface area (Å²) in [5.74, 6) is -0.204. The molecule has 0 saturated carbocycles. The molecular formula is C25H24N2O2S. The maximum Gasteiger partial charge on any atom is 0.282 e. The second-order valence-electron chi connectivity index (χ2n) is 7.92. The number of nitrogens with one attached hydrogen (secondary N) is 1. The van der Waals surface area contributed by atoms with E-state index < -0.39 is 0 Å². The lowest BCUT2D eigenvalue weighted by Gasteiger charge is -2.17. The fourth-order valence-electron chi connectivity index (χ4n) is 3.71. The summed E-state index contributed by atoms with van der Waals surface area (Å²) in [7, 11) is 0. The van der Waals surface area contributed by atoms with Crippen LogP contribution in [0.5, 0.6) is 0 Å². The lowest BCUT2D eigenvalue weighted by atomic mass is 10.0. The summed E-state index contributed by atoms with van der Waals surface area (Å²) in [5.41, 5.74) is 5.36. The van der Waals surface area contributed by atoms with Crippen molar-refractivity contribution in [2.75, 3.05) is 10.2 Å². The minimum absolute atomic E-state index is 0.297. The largest absolute Gasteiger partial charge is 0.350 e. The van der Waals surface area contributed by atoms with E-state index in [1.54, 1.807) is 0 Å². The molecule has 0 unspecified atom stereocenters. The van der Waals surface area contributed by atoms with Gasteiger partial charge in [-0.25, -0.2) is 4.90 Å². The molecule has 5 heteroatoms. The Bertz CT molecular complexity index is 1120. The van der Waals surface area contributed by atoms with Gasteiger partial charge in [0.1, 0.15) is 5.70 Å². The summed E-state index contributed by atoms with van der Waals surface area (Å²) >= 11 is 1.45. The summed E-state index contributed by atoms with van der Waals surface area (Å²) in [6.45, 7) is 8.20. The maximum absolute atomic E-state index is 13.4. The molecule has 2 aromatic carbocycles. The molecule has 2 amide bonds. The molecule has 0 radical (unpaired) electrons. The molecule has 3 aromatic rings. The van der Waals surface area contributed by atoms with Crippen molar-refractivity contribution in [2.45, 2.75) is 33.6 Å². The molecule has 0 aliphatic carbocycles. The van der Waals surface area contributed by atoms with Gasteiger partial charge in [0.25, 0.3) is 11.8 Å². The molecular weight excluding hydrogens is 392 g/mol. The molecule has 0 bridgehead atoms. The first-order valence-corrected chi connectivity index (χ1v) is 10.9. The quantitative estimate of drug-likeness (QED) is 0.528. The highest BCUT2D eigenvalue weighted by Gasteiger charge is 2.40. The maximum atomic E-state index is 13.4. The molecule has 0 saturated heterocycles. The second kappa shape index (κ2) is 7.92. The normalized spacial score (nSPS) is 14.2. The van der Waals surface area contributed by atoms with Crippen LogP contribution < -0.4 is 10.2 Å². The van der Waals surface area contributed by atoms with Crippen molar-refractivity contribution in [2.24, 2.45) is 0 Å². The standard InChI is InChI=1S/C25H24N2O2S/c1-15(2)18-7-9-19(10-8-18)26-23-22(21-6-5-11-30-21)24(28)27(25(23)29)20-13-16(3)12-17(4)14-20/h5-15,26H,1-4H3. The van der Waals surface area contributed by atoms with Crippen LogP contribution in [0.15, 0.2) is 65.7 Å². The van der Waals surface area contributed by atoms with Gasteiger partial charge in [-0.1, -0.05) is 38.1 Å². The topological polar surface area (TPSA) is 49.4 Å². The third kappa shape index (κ3) is 3.68. The number of aryl methyl sites for hydroxylation is 2. The molecule has 1 aliphatic heterocycles. The molecule has 0 spiro atoms. The van der Waals surface area contributed by atoms with Gasteiger partial charge in [0.15, 0.2) is 0 Å². The Hall–Kier alpha value is -3.18. The van der Waals surface area contributed by atoms with E-state index in [-0.39, 0.29) is 11.8 Å². The van der Waals surface area contributed by atoms with E-state index in [9.17, 15) is 9.59 Å². The summed E-state index contributed by atoms with van der Waals surface area (Å²) in [6.07, 6.45) is 0. The molecule has 1 aliphatic rings. The SMILES string of the molecule is Cc1cc(C)cc(N2C(=O)C(Nc3ccc(C(C)C)cc3)=C(c3cccs3)C2=O)c1. The van der Waals surface area contributed by atoms with E-state index in [0.29, 0.717) is 22.9 Å². The van der Waals surface area contributed by atoms with E-state index in [1.165, 1.54) is 21.8 Å². The molecule has 2 heterocycles. The van der Waals surface area contributed by atoms with Crippen LogP contribution in [0, 0.1) is 13.8 Å². The highest BCUT2D eigenvalue weighted by Crippen LogP contribution is 2.36. The van der Waals surface area contributed by atoms with Crippen molar-refractivity contribution >= 4 is 40.1 Å². The Morgan fingerprint density at radius 3 is 2.13 bits per heavy atom. The average Bonchev–Trinajstić information content (AvgIpc) is 3.28. The predicted octanol–water partition coefficient (Wildman–Crippen LogP) is 5.88. The molecule has 1 N–H and O–H groups in total. The molecule has 4 nitrogen and oxygen atoms in total. The Kier molecular flexibility index (Phi) is 5.31. The van der Waals surface area contributed by atoms with Gasteiger partial charge in [-0.15, -0.1) is 11.3 Å². The van der Waals surface area contributed by atoms with Gasteiger partial charge in [-0.05, 0) is 72.2 Å². The van der Waals surface area contributed by atoms with Crippen LogP contribution >= 0.6 is 11.3 Å².